The number of hydrogen-bond acceptors (Lipinski definition) is 3. The number of likely N-dealkylation sites (tertiary alicyclic amines) is 1. The smallest absolute Gasteiger partial charge is 0.270 e. The first kappa shape index (κ1) is 21.2. The highest BCUT2D eigenvalue weighted by Gasteiger charge is 2.27. The summed E-state index contributed by atoms with van der Waals surface area (Å²) >= 11 is 0. The lowest BCUT2D eigenvalue weighted by atomic mass is 9.90. The van der Waals surface area contributed by atoms with Gasteiger partial charge in [-0.25, -0.2) is 0 Å². The molecule has 3 rings (SSSR count). The maximum Gasteiger partial charge on any atom is 0.270 e. The van der Waals surface area contributed by atoms with Crippen molar-refractivity contribution in [2.75, 3.05) is 19.7 Å². The molecule has 0 bridgehead atoms. The first-order valence-corrected chi connectivity index (χ1v) is 10.6. The standard InChI is InChI=1S/C24H32N2O3/c1-5-29-21-10-8-19(9-11-21)6-7-20-12-14-26(15-13-20)24(28)23-16(2)22(18(4)27)17(3)25-23/h8-11,20,25H,5-7,12-15H2,1-4H3. The van der Waals surface area contributed by atoms with Crippen LogP contribution in [-0.4, -0.2) is 41.3 Å². The van der Waals surface area contributed by atoms with Gasteiger partial charge in [-0.2, -0.15) is 0 Å². The van der Waals surface area contributed by atoms with Crippen LogP contribution in [0.3, 0.4) is 0 Å². The number of ether oxygens (including phenoxy) is 1. The summed E-state index contributed by atoms with van der Waals surface area (Å²) < 4.78 is 5.50. The third kappa shape index (κ3) is 4.89. The Morgan fingerprint density at radius 1 is 1.14 bits per heavy atom. The van der Waals surface area contributed by atoms with Crippen molar-refractivity contribution in [1.29, 1.82) is 0 Å². The molecule has 0 atom stereocenters. The zero-order valence-corrected chi connectivity index (χ0v) is 18.0. The number of amides is 1. The van der Waals surface area contributed by atoms with Crippen molar-refractivity contribution < 1.29 is 14.3 Å². The van der Waals surface area contributed by atoms with Gasteiger partial charge in [-0.3, -0.25) is 9.59 Å². The average Bonchev–Trinajstić information content (AvgIpc) is 3.01. The third-order valence-corrected chi connectivity index (χ3v) is 5.98. The van der Waals surface area contributed by atoms with E-state index in [2.05, 4.69) is 17.1 Å². The Hall–Kier alpha value is -2.56. The number of carbonyl (C=O) groups is 2. The minimum atomic E-state index is 0.00305. The first-order valence-electron chi connectivity index (χ1n) is 10.6. The number of nitrogens with one attached hydrogen (secondary N) is 1. The number of aryl methyl sites for hydroxylation is 2. The highest BCUT2D eigenvalue weighted by Crippen LogP contribution is 2.26. The average molecular weight is 397 g/mol. The summed E-state index contributed by atoms with van der Waals surface area (Å²) in [7, 11) is 0. The highest BCUT2D eigenvalue weighted by atomic mass is 16.5. The van der Waals surface area contributed by atoms with Gasteiger partial charge >= 0.3 is 0 Å². The largest absolute Gasteiger partial charge is 0.494 e. The Kier molecular flexibility index (Phi) is 6.78. The summed E-state index contributed by atoms with van der Waals surface area (Å²) in [5.41, 5.74) is 4.11. The number of nitrogens with zero attached hydrogens (tertiary/aromatic N) is 1. The second-order valence-electron chi connectivity index (χ2n) is 8.03. The molecule has 2 aromatic rings. The minimum Gasteiger partial charge on any atom is -0.494 e. The van der Waals surface area contributed by atoms with Crippen molar-refractivity contribution in [2.24, 2.45) is 5.92 Å². The van der Waals surface area contributed by atoms with Gasteiger partial charge in [-0.1, -0.05) is 12.1 Å². The molecule has 0 aliphatic carbocycles. The number of piperidine rings is 1. The summed E-state index contributed by atoms with van der Waals surface area (Å²) in [6.45, 7) is 9.50. The third-order valence-electron chi connectivity index (χ3n) is 5.98. The van der Waals surface area contributed by atoms with Crippen molar-refractivity contribution in [1.82, 2.24) is 9.88 Å². The van der Waals surface area contributed by atoms with Crippen molar-refractivity contribution in [3.8, 4) is 5.75 Å². The zero-order chi connectivity index (χ0) is 21.0. The lowest BCUT2D eigenvalue weighted by Gasteiger charge is -2.32. The maximum atomic E-state index is 13.0. The number of carbonyl (C=O) groups excluding carboxylic acids is 2. The molecule has 1 saturated heterocycles. The highest BCUT2D eigenvalue weighted by molar-refractivity contribution is 6.02. The molecule has 1 aromatic heterocycles. The van der Waals surface area contributed by atoms with Gasteiger partial charge in [0.25, 0.3) is 5.91 Å². The van der Waals surface area contributed by atoms with Crippen LogP contribution < -0.4 is 4.74 Å². The fraction of sp³-hybridized carbons (Fsp3) is 0.500. The zero-order valence-electron chi connectivity index (χ0n) is 18.0. The molecule has 1 aliphatic rings. The molecule has 1 fully saturated rings. The summed E-state index contributed by atoms with van der Waals surface area (Å²) in [6.07, 6.45) is 4.26. The Balaban J connectivity index is 1.52. The van der Waals surface area contributed by atoms with E-state index in [0.29, 0.717) is 23.8 Å². The van der Waals surface area contributed by atoms with E-state index in [9.17, 15) is 9.59 Å². The lowest BCUT2D eigenvalue weighted by molar-refractivity contribution is 0.0680. The van der Waals surface area contributed by atoms with Gasteiger partial charge in [-0.05, 0) is 82.6 Å². The van der Waals surface area contributed by atoms with E-state index in [-0.39, 0.29) is 11.7 Å². The number of aromatic amines is 1. The van der Waals surface area contributed by atoms with Crippen LogP contribution in [-0.2, 0) is 6.42 Å². The molecular formula is C24H32N2O3. The summed E-state index contributed by atoms with van der Waals surface area (Å²) in [6, 6.07) is 8.37. The molecule has 1 aromatic carbocycles. The Labute approximate surface area is 173 Å². The Morgan fingerprint density at radius 3 is 2.34 bits per heavy atom. The molecule has 5 nitrogen and oxygen atoms in total. The van der Waals surface area contributed by atoms with Gasteiger partial charge in [0.15, 0.2) is 5.78 Å². The van der Waals surface area contributed by atoms with Gasteiger partial charge in [0.1, 0.15) is 11.4 Å². The van der Waals surface area contributed by atoms with Crippen LogP contribution >= 0.6 is 0 Å². The Bertz CT molecular complexity index is 859. The fourth-order valence-corrected chi connectivity index (χ4v) is 4.36. The molecule has 156 valence electrons. The van der Waals surface area contributed by atoms with Crippen molar-refractivity contribution in [3.05, 3.63) is 52.3 Å². The topological polar surface area (TPSA) is 62.4 Å². The molecule has 0 saturated carbocycles. The predicted octanol–water partition coefficient (Wildman–Crippen LogP) is 4.72. The van der Waals surface area contributed by atoms with Gasteiger partial charge in [-0.15, -0.1) is 0 Å². The molecule has 0 radical (unpaired) electrons. The molecule has 1 N–H and O–H groups in total. The van der Waals surface area contributed by atoms with Gasteiger partial charge in [0.2, 0.25) is 0 Å². The van der Waals surface area contributed by atoms with Crippen LogP contribution in [0.1, 0.15) is 70.8 Å². The maximum absolute atomic E-state index is 13.0. The first-order chi connectivity index (χ1) is 13.9. The molecule has 0 spiro atoms. The number of ketones is 1. The number of rotatable bonds is 7. The van der Waals surface area contributed by atoms with E-state index in [0.717, 1.165) is 55.8 Å². The van der Waals surface area contributed by atoms with Crippen LogP contribution in [0.2, 0.25) is 0 Å². The lowest BCUT2D eigenvalue weighted by Crippen LogP contribution is -2.39. The molecule has 2 heterocycles. The van der Waals surface area contributed by atoms with Crippen LogP contribution in [0.5, 0.6) is 5.75 Å². The Morgan fingerprint density at radius 2 is 1.79 bits per heavy atom. The predicted molar refractivity (Wildman–Crippen MR) is 115 cm³/mol. The molecule has 5 heteroatoms. The number of Topliss-reactive ketones (excluding diaryl/α,β-unsaturated/α-hetero) is 1. The van der Waals surface area contributed by atoms with Gasteiger partial charge in [0.05, 0.1) is 6.61 Å². The summed E-state index contributed by atoms with van der Waals surface area (Å²) in [4.78, 5) is 29.8. The van der Waals surface area contributed by atoms with E-state index >= 15 is 0 Å². The van der Waals surface area contributed by atoms with E-state index in [1.807, 2.05) is 37.8 Å². The fourth-order valence-electron chi connectivity index (χ4n) is 4.36. The second kappa shape index (κ2) is 9.29. The summed E-state index contributed by atoms with van der Waals surface area (Å²) in [5, 5.41) is 0. The molecule has 1 aliphatic heterocycles. The normalized spacial score (nSPS) is 14.8. The van der Waals surface area contributed by atoms with E-state index in [1.165, 1.54) is 5.56 Å². The number of H-pyrrole nitrogens is 1. The number of benzene rings is 1. The van der Waals surface area contributed by atoms with E-state index in [4.69, 9.17) is 4.74 Å². The molecule has 0 unspecified atom stereocenters. The van der Waals surface area contributed by atoms with Crippen LogP contribution in [0.15, 0.2) is 24.3 Å². The SMILES string of the molecule is CCOc1ccc(CCC2CCN(C(=O)c3[nH]c(C)c(C(C)=O)c3C)CC2)cc1. The van der Waals surface area contributed by atoms with Gasteiger partial charge < -0.3 is 14.6 Å². The van der Waals surface area contributed by atoms with Crippen LogP contribution in [0, 0.1) is 19.8 Å². The number of hydrogen-bond donors (Lipinski definition) is 1. The molecule has 29 heavy (non-hydrogen) atoms. The minimum absolute atomic E-state index is 0.00305. The quantitative estimate of drug-likeness (QED) is 0.689. The van der Waals surface area contributed by atoms with Gasteiger partial charge in [0, 0.05) is 24.3 Å². The van der Waals surface area contributed by atoms with Crippen molar-refractivity contribution in [2.45, 2.75) is 53.4 Å². The second-order valence-corrected chi connectivity index (χ2v) is 8.03. The van der Waals surface area contributed by atoms with E-state index < -0.39 is 0 Å². The molecule has 1 amide bonds. The van der Waals surface area contributed by atoms with Crippen molar-refractivity contribution >= 4 is 11.7 Å². The monoisotopic (exact) mass is 396 g/mol. The van der Waals surface area contributed by atoms with Crippen LogP contribution in [0.4, 0.5) is 0 Å². The van der Waals surface area contributed by atoms with Crippen LogP contribution in [0.25, 0.3) is 0 Å². The number of aromatic nitrogens is 1. The molecular weight excluding hydrogens is 364 g/mol. The van der Waals surface area contributed by atoms with E-state index in [1.54, 1.807) is 6.92 Å². The van der Waals surface area contributed by atoms with Crippen molar-refractivity contribution in [3.63, 3.8) is 0 Å². The summed E-state index contributed by atoms with van der Waals surface area (Å²) in [5.74, 6) is 1.59.